The fourth-order valence-electron chi connectivity index (χ4n) is 5.33. The molecule has 0 rings (SSSR count). The van der Waals surface area contributed by atoms with Gasteiger partial charge in [0, 0.05) is 83.1 Å². The van der Waals surface area contributed by atoms with E-state index in [1.807, 2.05) is 181 Å². The molecule has 6 atom stereocenters. The number of ether oxygens (including phenoxy) is 8. The minimum absolute atomic E-state index is 0.0293. The Kier molecular flexibility index (Phi) is 99.2. The Morgan fingerprint density at radius 2 is 0.603 bits per heavy atom. The number of hydrogen-bond donors (Lipinski definition) is 12. The van der Waals surface area contributed by atoms with Crippen molar-refractivity contribution in [3.8, 4) is 0 Å². The fourth-order valence-corrected chi connectivity index (χ4v) is 5.33. The highest BCUT2D eigenvalue weighted by Gasteiger charge is 2.29. The molecule has 0 saturated carbocycles. The normalized spacial score (nSPS) is 11.5. The van der Waals surface area contributed by atoms with E-state index in [4.69, 9.17) is 47.6 Å². The van der Waals surface area contributed by atoms with Crippen LogP contribution in [-0.4, -0.2) is 206 Å². The summed E-state index contributed by atoms with van der Waals surface area (Å²) in [6.07, 6.45) is 8.25. The third-order valence-corrected chi connectivity index (χ3v) is 17.5. The molecule has 0 aromatic rings. The van der Waals surface area contributed by atoms with E-state index < -0.39 is 63.9 Å². The Labute approximate surface area is 810 Å². The number of amides is 14. The minimum atomic E-state index is -0.686. The third kappa shape index (κ3) is 125. The van der Waals surface area contributed by atoms with E-state index in [0.717, 1.165) is 51.4 Å². The number of carbonyl (C=O) groups excluding carboxylic acids is 20. The second kappa shape index (κ2) is 89.5. The van der Waals surface area contributed by atoms with Gasteiger partial charge in [-0.25, -0.2) is 30.1 Å². The van der Waals surface area contributed by atoms with Crippen molar-refractivity contribution in [3.05, 3.63) is 0 Å². The summed E-state index contributed by atoms with van der Waals surface area (Å²) in [6.45, 7) is 73.3. The first kappa shape index (κ1) is 151. The van der Waals surface area contributed by atoms with Crippen molar-refractivity contribution in [2.45, 2.75) is 415 Å². The molecule has 136 heavy (non-hydrogen) atoms. The molecule has 0 aliphatic carbocycles. The molecule has 0 aromatic heterocycles. The number of alkyl carbamates (subject to hydrolysis) is 2. The van der Waals surface area contributed by atoms with Gasteiger partial charge in [-0.2, -0.15) is 11.0 Å². The average Bonchev–Trinajstić information content (AvgIpc) is 0.899. The van der Waals surface area contributed by atoms with Gasteiger partial charge in [-0.15, -0.1) is 0 Å². The summed E-state index contributed by atoms with van der Waals surface area (Å²) in [5, 5.41) is 18.7. The van der Waals surface area contributed by atoms with Gasteiger partial charge in [0.2, 0.25) is 70.9 Å². The zero-order valence-corrected chi connectivity index (χ0v) is 90.3. The van der Waals surface area contributed by atoms with E-state index in [1.54, 1.807) is 48.5 Å². The van der Waals surface area contributed by atoms with E-state index in [9.17, 15) is 95.9 Å². The summed E-state index contributed by atoms with van der Waals surface area (Å²) in [5.74, 6) is -5.30. The van der Waals surface area contributed by atoms with Crippen molar-refractivity contribution in [3.63, 3.8) is 0 Å². The molecule has 0 bridgehead atoms. The van der Waals surface area contributed by atoms with Gasteiger partial charge in [-0.1, -0.05) is 96.9 Å². The van der Waals surface area contributed by atoms with Crippen molar-refractivity contribution < 1.29 is 153 Å². The lowest BCUT2D eigenvalue weighted by atomic mass is 9.91. The maximum Gasteiger partial charge on any atom is 0.414 e. The lowest BCUT2D eigenvalue weighted by molar-refractivity contribution is -0.166. The number of hydrogen-bond acceptors (Lipinski definition) is 32. The smallest absolute Gasteiger partial charge is 0.414 e. The molecule has 800 valence electrons. The summed E-state index contributed by atoms with van der Waals surface area (Å²) in [7, 11) is 0. The summed E-state index contributed by atoms with van der Waals surface area (Å²) in [5.41, 5.74) is 6.15. The molecule has 0 aliphatic heterocycles. The average molecular weight is 1970 g/mol. The minimum Gasteiger partial charge on any atom is -0.461 e. The Bertz CT molecular complexity index is 3410. The standard InChI is InChI=1S/2C9H17NO3.4C8H15NO3.C8H17NO2.2C7H13NO3.2C7H15NO2.C6H13NO2/c1-5-9(3,4)8(12)13-6-10-7(2)11;1-5-9(3,4)13-8(12)6-10-7(2)11;1-5-8(3,4)12-7(11)9-6(2)10;1-5-8(3,4)7(11)12-9-6(2)10;1-4-6(2)8(11)12-5-9-7(3)10;1-4-6(2)12-8(11)5-9-7(3)10;1-5-8(3,4)11-6-9-7(2)10;1-4-5(2)11-7(10)8-6(3)9;1-4-5(2)7(10)11-8-6(3)9;1-5-7(3,4)10-8-6(2)9;1-4-6(2)10-5-8-7(3)9;1-4-5(2)9-7-6(3)8/h2*5-6H2,1-4H3,(H,10,11);5H2,1-4H3,(H,9,10,11);5H2,1-4H3,(H,9,10);2*6H,4-5H2,1-3H3,(H,9,10);5-6H2,1-4H3,(H,9,10);5H,4H2,1-3H3,(H,8,9,10);5H,4H2,1-3H3,(H,8,9);5H2,1-4H3,(H,8,9);6H,4-5H2,1-3H3,(H,8,9);5H,4H2,1-3H3,(H,7,8). The predicted octanol–water partition coefficient (Wildman–Crippen LogP) is 11.5. The molecular formula is C92H180N12O32. The van der Waals surface area contributed by atoms with Crippen LogP contribution >= 0.6 is 0 Å². The van der Waals surface area contributed by atoms with Crippen LogP contribution in [0.25, 0.3) is 0 Å². The van der Waals surface area contributed by atoms with E-state index >= 15 is 0 Å². The Hall–Kier alpha value is -10.8. The van der Waals surface area contributed by atoms with Crippen molar-refractivity contribution in [1.82, 2.24) is 64.5 Å². The highest BCUT2D eigenvalue weighted by Crippen LogP contribution is 2.22. The third-order valence-electron chi connectivity index (χ3n) is 17.5. The number of rotatable bonds is 38. The summed E-state index contributed by atoms with van der Waals surface area (Å²) >= 11 is 0. The van der Waals surface area contributed by atoms with E-state index in [2.05, 4.69) is 52.5 Å². The van der Waals surface area contributed by atoms with Crippen LogP contribution < -0.4 is 64.5 Å². The Morgan fingerprint density at radius 3 is 0.956 bits per heavy atom. The van der Waals surface area contributed by atoms with Crippen LogP contribution in [0.4, 0.5) is 9.59 Å². The van der Waals surface area contributed by atoms with Crippen LogP contribution in [0.15, 0.2) is 0 Å². The monoisotopic (exact) mass is 1970 g/mol. The molecule has 0 heterocycles. The number of imide groups is 2. The van der Waals surface area contributed by atoms with Gasteiger partial charge in [0.25, 0.3) is 0 Å². The number of nitrogens with one attached hydrogen (secondary N) is 12. The van der Waals surface area contributed by atoms with Crippen molar-refractivity contribution in [2.75, 3.05) is 40.0 Å². The number of esters is 4. The quantitative estimate of drug-likeness (QED) is 0.0118. The summed E-state index contributed by atoms with van der Waals surface area (Å²) in [4.78, 5) is 231. The molecule has 0 radical (unpaired) electrons. The fraction of sp³-hybridized carbons (Fsp3) is 0.783. The van der Waals surface area contributed by atoms with Crippen LogP contribution in [0.1, 0.15) is 368 Å². The Morgan fingerprint density at radius 1 is 0.272 bits per heavy atom. The van der Waals surface area contributed by atoms with Crippen molar-refractivity contribution in [1.29, 1.82) is 0 Å². The summed E-state index contributed by atoms with van der Waals surface area (Å²) in [6, 6.07) is 0. The van der Waals surface area contributed by atoms with Gasteiger partial charge in [0.05, 0.1) is 52.2 Å². The molecule has 0 spiro atoms. The van der Waals surface area contributed by atoms with Crippen LogP contribution in [0.5, 0.6) is 0 Å². The van der Waals surface area contributed by atoms with Crippen LogP contribution in [0.3, 0.4) is 0 Å². The van der Waals surface area contributed by atoms with E-state index in [0.29, 0.717) is 39.1 Å². The lowest BCUT2D eigenvalue weighted by Crippen LogP contribution is -2.36. The molecule has 0 saturated heterocycles. The molecule has 6 unspecified atom stereocenters. The molecular weight excluding hydrogens is 1790 g/mol. The van der Waals surface area contributed by atoms with Gasteiger partial charge in [-0.3, -0.25) is 97.0 Å². The van der Waals surface area contributed by atoms with Crippen LogP contribution in [0, 0.1) is 22.7 Å². The molecule has 0 aliphatic rings. The zero-order chi connectivity index (χ0) is 110. The van der Waals surface area contributed by atoms with Gasteiger partial charge < -0.3 is 79.5 Å². The van der Waals surface area contributed by atoms with E-state index in [-0.39, 0.29) is 151 Å². The van der Waals surface area contributed by atoms with Crippen LogP contribution in [0.2, 0.25) is 0 Å². The molecule has 44 heteroatoms. The molecule has 14 amide bonds. The first-order valence-corrected chi connectivity index (χ1v) is 45.4. The first-order valence-electron chi connectivity index (χ1n) is 45.4. The Balaban J connectivity index is -0.000000123. The molecule has 12 N–H and O–H groups in total. The van der Waals surface area contributed by atoms with Gasteiger partial charge in [-0.05, 0) is 188 Å². The highest BCUT2D eigenvalue weighted by molar-refractivity contribution is 5.91. The first-order chi connectivity index (χ1) is 62.1. The maximum absolute atomic E-state index is 11.3. The molecule has 0 fully saturated rings. The van der Waals surface area contributed by atoms with Gasteiger partial charge >= 0.3 is 48.0 Å². The highest BCUT2D eigenvalue weighted by atomic mass is 16.7. The van der Waals surface area contributed by atoms with Crippen molar-refractivity contribution >= 4 is 119 Å². The van der Waals surface area contributed by atoms with Gasteiger partial charge in [0.15, 0.2) is 13.5 Å². The maximum atomic E-state index is 11.3. The molecule has 44 nitrogen and oxygen atoms in total. The summed E-state index contributed by atoms with van der Waals surface area (Å²) < 4.78 is 39.7. The number of hydroxylamine groups is 4. The SMILES string of the molecule is CCC(C)(C)C(=O)OCNC(C)=O.CCC(C)(C)C(=O)ONC(C)=O.CCC(C)(C)OC(=O)CNC(C)=O.CCC(C)(C)OC(=O)NC(C)=O.CCC(C)(C)OCNC(C)=O.CCC(C)(C)ONC(C)=O.CCC(C)C(=O)OCNC(C)=O.CCC(C)C(=O)ONC(C)=O.CCC(C)OC(=O)CNC(C)=O.CCC(C)OC(=O)NC(C)=O.CCC(C)OCNC(C)=O.CCC(C)ONC(C)=O. The second-order valence-corrected chi connectivity index (χ2v) is 33.7. The molecule has 0 aromatic carbocycles. The predicted molar refractivity (Wildman–Crippen MR) is 512 cm³/mol. The van der Waals surface area contributed by atoms with E-state index in [1.165, 1.54) is 83.1 Å². The van der Waals surface area contributed by atoms with Gasteiger partial charge in [0.1, 0.15) is 43.9 Å². The van der Waals surface area contributed by atoms with Crippen LogP contribution in [-0.2, 0) is 144 Å². The second-order valence-electron chi connectivity index (χ2n) is 33.7. The zero-order valence-electron chi connectivity index (χ0n) is 90.3. The topological polar surface area (TPSA) is 597 Å². The largest absolute Gasteiger partial charge is 0.461 e. The van der Waals surface area contributed by atoms with Crippen molar-refractivity contribution in [2.24, 2.45) is 22.7 Å². The number of carbonyl (C=O) groups is 20. The lowest BCUT2D eigenvalue weighted by Gasteiger charge is -2.23.